The van der Waals surface area contributed by atoms with Gasteiger partial charge in [0.25, 0.3) is 0 Å². The van der Waals surface area contributed by atoms with Gasteiger partial charge in [-0.3, -0.25) is 4.79 Å². The normalized spacial score (nSPS) is 10.3. The lowest BCUT2D eigenvalue weighted by Crippen LogP contribution is -2.02. The van der Waals surface area contributed by atoms with Crippen molar-refractivity contribution in [2.45, 2.75) is 20.5 Å². The van der Waals surface area contributed by atoms with Gasteiger partial charge < -0.3 is 4.74 Å². The number of hydrogen-bond donors (Lipinski definition) is 0. The lowest BCUT2D eigenvalue weighted by molar-refractivity contribution is 0.101. The summed E-state index contributed by atoms with van der Waals surface area (Å²) >= 11 is 3.46. The van der Waals surface area contributed by atoms with E-state index >= 15 is 0 Å². The van der Waals surface area contributed by atoms with Gasteiger partial charge in [-0.15, -0.1) is 0 Å². The third-order valence-corrected chi connectivity index (χ3v) is 3.73. The molecular formula is C16H15BrO2. The van der Waals surface area contributed by atoms with Gasteiger partial charge >= 0.3 is 0 Å². The van der Waals surface area contributed by atoms with E-state index in [2.05, 4.69) is 15.9 Å². The molecule has 0 radical (unpaired) electrons. The van der Waals surface area contributed by atoms with Crippen molar-refractivity contribution in [3.8, 4) is 5.75 Å². The number of halogens is 1. The predicted octanol–water partition coefficient (Wildman–Crippen LogP) is 4.54. The first-order valence-electron chi connectivity index (χ1n) is 6.05. The molecule has 0 N–H and O–H groups in total. The van der Waals surface area contributed by atoms with Crippen molar-refractivity contribution < 1.29 is 9.53 Å². The summed E-state index contributed by atoms with van der Waals surface area (Å²) in [6.07, 6.45) is 0. The van der Waals surface area contributed by atoms with Crippen LogP contribution in [0.5, 0.6) is 5.75 Å². The number of ether oxygens (including phenoxy) is 1. The van der Waals surface area contributed by atoms with Gasteiger partial charge in [0.2, 0.25) is 0 Å². The van der Waals surface area contributed by atoms with Crippen molar-refractivity contribution in [3.05, 3.63) is 63.6 Å². The molecule has 0 aliphatic rings. The number of aryl methyl sites for hydroxylation is 1. The van der Waals surface area contributed by atoms with Crippen molar-refractivity contribution >= 4 is 21.7 Å². The third-order valence-electron chi connectivity index (χ3n) is 2.88. The molecule has 2 nitrogen and oxygen atoms in total. The maximum Gasteiger partial charge on any atom is 0.163 e. The minimum absolute atomic E-state index is 0.0126. The van der Waals surface area contributed by atoms with Crippen LogP contribution in [0.15, 0.2) is 46.9 Å². The standard InChI is InChI=1S/C16H15BrO2/c1-11-8-14(12(2)18)16(9-15(11)17)19-10-13-6-4-3-5-7-13/h3-9H,10H2,1-2H3. The quantitative estimate of drug-likeness (QED) is 0.774. The molecule has 19 heavy (non-hydrogen) atoms. The van der Waals surface area contributed by atoms with Gasteiger partial charge in [-0.2, -0.15) is 0 Å². The monoisotopic (exact) mass is 318 g/mol. The van der Waals surface area contributed by atoms with Crippen LogP contribution in [-0.2, 0) is 6.61 Å². The first kappa shape index (κ1) is 13.8. The molecule has 0 bridgehead atoms. The fourth-order valence-corrected chi connectivity index (χ4v) is 2.12. The predicted molar refractivity (Wildman–Crippen MR) is 79.7 cm³/mol. The summed E-state index contributed by atoms with van der Waals surface area (Å²) < 4.78 is 6.71. The SMILES string of the molecule is CC(=O)c1cc(C)c(Br)cc1OCc1ccccc1. The molecule has 0 unspecified atom stereocenters. The number of hydrogen-bond acceptors (Lipinski definition) is 2. The molecule has 0 aromatic heterocycles. The summed E-state index contributed by atoms with van der Waals surface area (Å²) in [7, 11) is 0. The van der Waals surface area contributed by atoms with Crippen LogP contribution in [0.3, 0.4) is 0 Å². The second kappa shape index (κ2) is 6.02. The highest BCUT2D eigenvalue weighted by molar-refractivity contribution is 9.10. The lowest BCUT2D eigenvalue weighted by atomic mass is 10.1. The molecule has 3 heteroatoms. The van der Waals surface area contributed by atoms with E-state index in [1.165, 1.54) is 0 Å². The Hall–Kier alpha value is -1.61. The van der Waals surface area contributed by atoms with E-state index in [4.69, 9.17) is 4.74 Å². The maximum atomic E-state index is 11.6. The van der Waals surface area contributed by atoms with Crippen LogP contribution in [0.2, 0.25) is 0 Å². The molecule has 0 heterocycles. The van der Waals surface area contributed by atoms with Crippen molar-refractivity contribution in [1.29, 1.82) is 0 Å². The summed E-state index contributed by atoms with van der Waals surface area (Å²) in [6, 6.07) is 13.6. The Kier molecular flexibility index (Phi) is 4.38. The largest absolute Gasteiger partial charge is 0.488 e. The highest BCUT2D eigenvalue weighted by atomic mass is 79.9. The Balaban J connectivity index is 2.24. The molecule has 0 saturated heterocycles. The van der Waals surface area contributed by atoms with Gasteiger partial charge in [0.05, 0.1) is 5.56 Å². The zero-order valence-electron chi connectivity index (χ0n) is 10.9. The molecule has 0 aliphatic heterocycles. The number of rotatable bonds is 4. The highest BCUT2D eigenvalue weighted by Crippen LogP contribution is 2.28. The minimum Gasteiger partial charge on any atom is -0.488 e. The first-order chi connectivity index (χ1) is 9.08. The van der Waals surface area contributed by atoms with Gasteiger partial charge in [0.15, 0.2) is 5.78 Å². The zero-order chi connectivity index (χ0) is 13.8. The molecular weight excluding hydrogens is 304 g/mol. The number of carbonyl (C=O) groups is 1. The van der Waals surface area contributed by atoms with Crippen LogP contribution in [0.1, 0.15) is 28.4 Å². The number of ketones is 1. The summed E-state index contributed by atoms with van der Waals surface area (Å²) in [6.45, 7) is 3.96. The van der Waals surface area contributed by atoms with Crippen molar-refractivity contribution in [3.63, 3.8) is 0 Å². The Labute approximate surface area is 121 Å². The van der Waals surface area contributed by atoms with Gasteiger partial charge in [0, 0.05) is 4.47 Å². The number of Topliss-reactive ketones (excluding diaryl/α,β-unsaturated/α-hetero) is 1. The van der Waals surface area contributed by atoms with Crippen LogP contribution >= 0.6 is 15.9 Å². The molecule has 0 atom stereocenters. The molecule has 0 saturated carbocycles. The molecule has 0 spiro atoms. The average molecular weight is 319 g/mol. The Morgan fingerprint density at radius 1 is 1.21 bits per heavy atom. The fraction of sp³-hybridized carbons (Fsp3) is 0.188. The summed E-state index contributed by atoms with van der Waals surface area (Å²) in [5.74, 6) is 0.632. The smallest absolute Gasteiger partial charge is 0.163 e. The molecule has 98 valence electrons. The fourth-order valence-electron chi connectivity index (χ4n) is 1.79. The zero-order valence-corrected chi connectivity index (χ0v) is 12.5. The Morgan fingerprint density at radius 3 is 2.53 bits per heavy atom. The van der Waals surface area contributed by atoms with Crippen molar-refractivity contribution in [2.75, 3.05) is 0 Å². The number of carbonyl (C=O) groups excluding carboxylic acids is 1. The topological polar surface area (TPSA) is 26.3 Å². The van der Waals surface area contributed by atoms with Crippen molar-refractivity contribution in [1.82, 2.24) is 0 Å². The van der Waals surface area contributed by atoms with E-state index < -0.39 is 0 Å². The van der Waals surface area contributed by atoms with Gasteiger partial charge in [-0.25, -0.2) is 0 Å². The van der Waals surface area contributed by atoms with Crippen LogP contribution in [0, 0.1) is 6.92 Å². The average Bonchev–Trinajstić information content (AvgIpc) is 2.40. The van der Waals surface area contributed by atoms with E-state index in [0.29, 0.717) is 17.9 Å². The van der Waals surface area contributed by atoms with Gasteiger partial charge in [-0.1, -0.05) is 46.3 Å². The van der Waals surface area contributed by atoms with Gasteiger partial charge in [-0.05, 0) is 37.1 Å². The Morgan fingerprint density at radius 2 is 1.89 bits per heavy atom. The van der Waals surface area contributed by atoms with Crippen LogP contribution < -0.4 is 4.74 Å². The molecule has 2 rings (SSSR count). The maximum absolute atomic E-state index is 11.6. The second-order valence-corrected chi connectivity index (χ2v) is 5.28. The Bertz CT molecular complexity index is 591. The van der Waals surface area contributed by atoms with E-state index in [1.54, 1.807) is 6.92 Å². The van der Waals surface area contributed by atoms with Gasteiger partial charge in [0.1, 0.15) is 12.4 Å². The van der Waals surface area contributed by atoms with E-state index in [0.717, 1.165) is 15.6 Å². The molecule has 0 amide bonds. The van der Waals surface area contributed by atoms with Crippen LogP contribution in [-0.4, -0.2) is 5.78 Å². The van der Waals surface area contributed by atoms with Crippen LogP contribution in [0.4, 0.5) is 0 Å². The van der Waals surface area contributed by atoms with Crippen molar-refractivity contribution in [2.24, 2.45) is 0 Å². The second-order valence-electron chi connectivity index (χ2n) is 4.43. The molecule has 0 fully saturated rings. The minimum atomic E-state index is 0.0126. The van der Waals surface area contributed by atoms with E-state index in [1.807, 2.05) is 49.4 Å². The number of benzene rings is 2. The first-order valence-corrected chi connectivity index (χ1v) is 6.85. The molecule has 2 aromatic carbocycles. The molecule has 0 aliphatic carbocycles. The summed E-state index contributed by atoms with van der Waals surface area (Å²) in [5.41, 5.74) is 2.72. The third kappa shape index (κ3) is 3.44. The lowest BCUT2D eigenvalue weighted by Gasteiger charge is -2.12. The molecule has 2 aromatic rings. The summed E-state index contributed by atoms with van der Waals surface area (Å²) in [5, 5.41) is 0. The van der Waals surface area contributed by atoms with E-state index in [9.17, 15) is 4.79 Å². The summed E-state index contributed by atoms with van der Waals surface area (Å²) in [4.78, 5) is 11.6. The highest BCUT2D eigenvalue weighted by Gasteiger charge is 2.11. The van der Waals surface area contributed by atoms with E-state index in [-0.39, 0.29) is 5.78 Å². The van der Waals surface area contributed by atoms with Crippen LogP contribution in [0.25, 0.3) is 0 Å².